The Hall–Kier alpha value is -0.100. The lowest BCUT2D eigenvalue weighted by Gasteiger charge is -2.15. The molecule has 0 aliphatic carbocycles. The van der Waals surface area contributed by atoms with E-state index in [1.165, 1.54) is 12.8 Å². The van der Waals surface area contributed by atoms with Crippen molar-refractivity contribution in [2.75, 3.05) is 19.7 Å². The first kappa shape index (κ1) is 21.9. The molecular formula is C15H35N3O3P+. The molecule has 0 fully saturated rings. The van der Waals surface area contributed by atoms with Crippen molar-refractivity contribution in [1.82, 2.24) is 0 Å². The molecular weight excluding hydrogens is 301 g/mol. The average molecular weight is 336 g/mol. The molecule has 0 heterocycles. The van der Waals surface area contributed by atoms with E-state index in [-0.39, 0.29) is 0 Å². The topological polar surface area (TPSA) is 114 Å². The van der Waals surface area contributed by atoms with E-state index in [1.807, 2.05) is 0 Å². The summed E-state index contributed by atoms with van der Waals surface area (Å²) in [6, 6.07) is 0. The Morgan fingerprint density at radius 3 is 2.41 bits per heavy atom. The van der Waals surface area contributed by atoms with Gasteiger partial charge in [-0.3, -0.25) is 0 Å². The predicted molar refractivity (Wildman–Crippen MR) is 91.4 cm³/mol. The molecule has 0 aromatic rings. The van der Waals surface area contributed by atoms with Gasteiger partial charge in [-0.25, -0.2) is 0 Å². The van der Waals surface area contributed by atoms with Crippen molar-refractivity contribution in [2.24, 2.45) is 23.1 Å². The van der Waals surface area contributed by atoms with Crippen molar-refractivity contribution in [3.8, 4) is 0 Å². The quantitative estimate of drug-likeness (QED) is 0.227. The first-order chi connectivity index (χ1) is 10.6. The molecule has 0 aliphatic heterocycles. The third-order valence-electron chi connectivity index (χ3n) is 3.68. The summed E-state index contributed by atoms with van der Waals surface area (Å²) in [4.78, 5) is 0. The third kappa shape index (κ3) is 13.6. The second kappa shape index (κ2) is 15.8. The molecule has 3 atom stereocenters. The van der Waals surface area contributed by atoms with Crippen LogP contribution in [0.1, 0.15) is 64.7 Å². The van der Waals surface area contributed by atoms with E-state index in [0.717, 1.165) is 45.1 Å². The fraction of sp³-hybridized carbons (Fsp3) is 1.00. The zero-order chi connectivity index (χ0) is 16.6. The fourth-order valence-electron chi connectivity index (χ4n) is 2.22. The van der Waals surface area contributed by atoms with Gasteiger partial charge in [0.25, 0.3) is 0 Å². The number of nitrogens with two attached hydrogens (primary N) is 3. The molecule has 0 saturated carbocycles. The molecule has 22 heavy (non-hydrogen) atoms. The van der Waals surface area contributed by atoms with Crippen LogP contribution in [0.3, 0.4) is 0 Å². The van der Waals surface area contributed by atoms with Crippen LogP contribution in [0, 0.1) is 5.92 Å². The van der Waals surface area contributed by atoms with E-state index in [2.05, 4.69) is 6.92 Å². The molecule has 0 rings (SSSR count). The molecule has 6 nitrogen and oxygen atoms in total. The van der Waals surface area contributed by atoms with Crippen molar-refractivity contribution in [3.05, 3.63) is 0 Å². The van der Waals surface area contributed by atoms with E-state index < -0.39 is 14.5 Å². The van der Waals surface area contributed by atoms with E-state index in [1.54, 1.807) is 0 Å². The van der Waals surface area contributed by atoms with Crippen LogP contribution in [0.15, 0.2) is 0 Å². The highest BCUT2D eigenvalue weighted by Gasteiger charge is 2.25. The molecule has 0 saturated heterocycles. The average Bonchev–Trinajstić information content (AvgIpc) is 2.50. The van der Waals surface area contributed by atoms with Crippen molar-refractivity contribution in [3.63, 3.8) is 0 Å². The van der Waals surface area contributed by atoms with Crippen LogP contribution in [-0.4, -0.2) is 25.9 Å². The van der Waals surface area contributed by atoms with E-state index in [0.29, 0.717) is 25.5 Å². The Morgan fingerprint density at radius 2 is 1.77 bits per heavy atom. The van der Waals surface area contributed by atoms with Gasteiger partial charge >= 0.3 is 8.25 Å². The number of rotatable bonds is 16. The second-order valence-corrected chi connectivity index (χ2v) is 6.64. The number of hydrogen-bond donors (Lipinski definition) is 3. The van der Waals surface area contributed by atoms with Crippen molar-refractivity contribution >= 4 is 8.25 Å². The Kier molecular flexibility index (Phi) is 15.7. The van der Waals surface area contributed by atoms with E-state index in [4.69, 9.17) is 26.2 Å². The summed E-state index contributed by atoms with van der Waals surface area (Å²) in [6.45, 7) is 3.97. The van der Waals surface area contributed by atoms with Crippen LogP contribution in [0.25, 0.3) is 0 Å². The van der Waals surface area contributed by atoms with Crippen LogP contribution in [0.5, 0.6) is 0 Å². The monoisotopic (exact) mass is 336 g/mol. The second-order valence-electron chi connectivity index (χ2n) is 5.72. The summed E-state index contributed by atoms with van der Waals surface area (Å²) in [5, 5.41) is 0. The molecule has 0 bridgehead atoms. The molecule has 0 aromatic heterocycles. The maximum absolute atomic E-state index is 11.6. The number of unbranched alkanes of at least 4 members (excludes halogenated alkanes) is 4. The summed E-state index contributed by atoms with van der Waals surface area (Å²) in [5.74, 6) is 0.425. The SMILES string of the molecule is CCCCCCO[P+](=O)OC(N)CCC(CN)CCCCN. The van der Waals surface area contributed by atoms with Crippen LogP contribution in [0.2, 0.25) is 0 Å². The van der Waals surface area contributed by atoms with Crippen molar-refractivity contribution in [1.29, 1.82) is 0 Å². The van der Waals surface area contributed by atoms with Gasteiger partial charge in [-0.2, -0.15) is 0 Å². The Balaban J connectivity index is 3.68. The molecule has 3 unspecified atom stereocenters. The van der Waals surface area contributed by atoms with E-state index in [9.17, 15) is 4.57 Å². The molecule has 0 radical (unpaired) electrons. The highest BCUT2D eigenvalue weighted by molar-refractivity contribution is 7.33. The van der Waals surface area contributed by atoms with Gasteiger partial charge in [0.15, 0.2) is 6.23 Å². The standard InChI is InChI=1S/C15H35N3O3P/c1-2-3-4-7-12-20-22(19)21-15(18)10-9-14(13-17)8-5-6-11-16/h14-15H,2-13,16-18H2,1H3/q+1. The molecule has 6 N–H and O–H groups in total. The normalized spacial score (nSPS) is 14.8. The minimum atomic E-state index is -2.11. The highest BCUT2D eigenvalue weighted by atomic mass is 31.1. The van der Waals surface area contributed by atoms with Crippen LogP contribution in [-0.2, 0) is 13.6 Å². The van der Waals surface area contributed by atoms with Crippen LogP contribution < -0.4 is 17.2 Å². The molecule has 0 aromatic carbocycles. The highest BCUT2D eigenvalue weighted by Crippen LogP contribution is 2.27. The maximum Gasteiger partial charge on any atom is 0.699 e. The zero-order valence-electron chi connectivity index (χ0n) is 14.0. The summed E-state index contributed by atoms with van der Waals surface area (Å²) in [5.41, 5.74) is 17.1. The van der Waals surface area contributed by atoms with Gasteiger partial charge in [-0.15, -0.1) is 9.05 Å². The van der Waals surface area contributed by atoms with Crippen LogP contribution >= 0.6 is 8.25 Å². The van der Waals surface area contributed by atoms with Crippen molar-refractivity contribution in [2.45, 2.75) is 70.9 Å². The molecule has 7 heteroatoms. The fourth-order valence-corrected chi connectivity index (χ4v) is 2.88. The lowest BCUT2D eigenvalue weighted by atomic mass is 9.96. The van der Waals surface area contributed by atoms with Crippen molar-refractivity contribution < 1.29 is 13.6 Å². The summed E-state index contributed by atoms with van der Waals surface area (Å²) in [6.07, 6.45) is 8.47. The van der Waals surface area contributed by atoms with Crippen LogP contribution in [0.4, 0.5) is 0 Å². The first-order valence-electron chi connectivity index (χ1n) is 8.56. The molecule has 0 spiro atoms. The van der Waals surface area contributed by atoms with Gasteiger partial charge in [0, 0.05) is 4.57 Å². The summed E-state index contributed by atoms with van der Waals surface area (Å²) >= 11 is 0. The van der Waals surface area contributed by atoms with Gasteiger partial charge < -0.3 is 17.2 Å². The summed E-state index contributed by atoms with van der Waals surface area (Å²) in [7, 11) is -2.11. The van der Waals surface area contributed by atoms with E-state index >= 15 is 0 Å². The zero-order valence-corrected chi connectivity index (χ0v) is 14.9. The van der Waals surface area contributed by atoms with Gasteiger partial charge in [0.1, 0.15) is 6.61 Å². The third-order valence-corrected chi connectivity index (χ3v) is 4.51. The predicted octanol–water partition coefficient (Wildman–Crippen LogP) is 3.03. The smallest absolute Gasteiger partial charge is 0.330 e. The minimum Gasteiger partial charge on any atom is -0.330 e. The Bertz CT molecular complexity index is 270. The number of hydrogen-bond acceptors (Lipinski definition) is 6. The maximum atomic E-state index is 11.6. The van der Waals surface area contributed by atoms with Gasteiger partial charge in [-0.05, 0) is 51.1 Å². The Morgan fingerprint density at radius 1 is 1.00 bits per heavy atom. The summed E-state index contributed by atoms with van der Waals surface area (Å²) < 4.78 is 21.9. The van der Waals surface area contributed by atoms with Gasteiger partial charge in [-0.1, -0.05) is 32.6 Å². The molecule has 132 valence electrons. The molecule has 0 amide bonds. The van der Waals surface area contributed by atoms with Gasteiger partial charge in [0.2, 0.25) is 0 Å². The Labute approximate surface area is 136 Å². The van der Waals surface area contributed by atoms with Gasteiger partial charge in [0.05, 0.1) is 0 Å². The first-order valence-corrected chi connectivity index (χ1v) is 9.66. The molecule has 0 aliphatic rings. The largest absolute Gasteiger partial charge is 0.699 e. The lowest BCUT2D eigenvalue weighted by Crippen LogP contribution is -2.24. The lowest BCUT2D eigenvalue weighted by molar-refractivity contribution is 0.152. The minimum absolute atomic E-state index is 0.425.